The Balaban J connectivity index is 2.40. The Morgan fingerprint density at radius 2 is 2.35 bits per heavy atom. The molecule has 2 rings (SSSR count). The fraction of sp³-hybridized carbons (Fsp3) is 0.250. The molecule has 0 saturated heterocycles. The molecule has 1 amide bonds. The maximum Gasteiger partial charge on any atom is 0.248 e. The van der Waals surface area contributed by atoms with Crippen molar-refractivity contribution in [2.24, 2.45) is 5.73 Å². The number of carbonyl (C=O) groups is 1. The molecule has 89 valence electrons. The molecule has 5 heteroatoms. The Bertz CT molecular complexity index is 548. The number of nitrogens with two attached hydrogens (primary N) is 1. The molecule has 1 aromatic carbocycles. The molecule has 0 aliphatic rings. The highest BCUT2D eigenvalue weighted by atomic mass is 16.4. The van der Waals surface area contributed by atoms with Gasteiger partial charge in [0.05, 0.1) is 0 Å². The Morgan fingerprint density at radius 1 is 1.59 bits per heavy atom. The van der Waals surface area contributed by atoms with Crippen LogP contribution in [0.1, 0.15) is 35.2 Å². The van der Waals surface area contributed by atoms with Crippen molar-refractivity contribution in [3.8, 4) is 0 Å². The number of hydrogen-bond acceptors (Lipinski definition) is 4. The number of aliphatic hydroxyl groups is 1. The highest BCUT2D eigenvalue weighted by Crippen LogP contribution is 2.23. The Hall–Kier alpha value is -1.88. The number of primary amides is 1. The highest BCUT2D eigenvalue weighted by Gasteiger charge is 2.15. The number of nitrogens with zero attached hydrogens (tertiary/aromatic N) is 1. The molecular formula is C12H13N2O3. The summed E-state index contributed by atoms with van der Waals surface area (Å²) in [6, 6.07) is 4.72. The summed E-state index contributed by atoms with van der Waals surface area (Å²) in [7, 11) is 0. The van der Waals surface area contributed by atoms with Crippen LogP contribution in [0.25, 0.3) is 11.1 Å². The third-order valence-electron chi connectivity index (χ3n) is 2.45. The fourth-order valence-corrected chi connectivity index (χ4v) is 1.56. The van der Waals surface area contributed by atoms with Crippen LogP contribution < -0.4 is 5.73 Å². The standard InChI is InChI=1S/C12H13N2O3/c1-2-3-9(15)12-14-8-6-7(11(13)16)4-5-10(8)17-12/h4-6,9,15H,1-3H2,(H2,13,16). The number of oxazole rings is 1. The monoisotopic (exact) mass is 233 g/mol. The predicted octanol–water partition coefficient (Wildman–Crippen LogP) is 1.57. The molecule has 0 aliphatic carbocycles. The van der Waals surface area contributed by atoms with Crippen LogP contribution in [0.5, 0.6) is 0 Å². The summed E-state index contributed by atoms with van der Waals surface area (Å²) >= 11 is 0. The Kier molecular flexibility index (Phi) is 3.10. The Morgan fingerprint density at radius 3 is 3.00 bits per heavy atom. The Labute approximate surface area is 98.2 Å². The van der Waals surface area contributed by atoms with E-state index in [1.54, 1.807) is 18.2 Å². The second-order valence-electron chi connectivity index (χ2n) is 3.76. The van der Waals surface area contributed by atoms with Crippen molar-refractivity contribution in [2.45, 2.75) is 18.9 Å². The van der Waals surface area contributed by atoms with E-state index in [0.29, 0.717) is 29.5 Å². The van der Waals surface area contributed by atoms with Crippen molar-refractivity contribution in [3.63, 3.8) is 0 Å². The van der Waals surface area contributed by atoms with Crippen LogP contribution in [0.2, 0.25) is 0 Å². The maximum absolute atomic E-state index is 11.0. The number of aliphatic hydroxyl groups excluding tert-OH is 1. The third kappa shape index (κ3) is 2.29. The number of rotatable bonds is 4. The van der Waals surface area contributed by atoms with E-state index < -0.39 is 12.0 Å². The van der Waals surface area contributed by atoms with Gasteiger partial charge in [0.25, 0.3) is 0 Å². The van der Waals surface area contributed by atoms with Gasteiger partial charge >= 0.3 is 0 Å². The lowest BCUT2D eigenvalue weighted by atomic mass is 10.2. The normalized spacial score (nSPS) is 12.8. The molecule has 0 aliphatic heterocycles. The van der Waals surface area contributed by atoms with Gasteiger partial charge in [-0.05, 0) is 24.6 Å². The second kappa shape index (κ2) is 4.55. The zero-order valence-corrected chi connectivity index (χ0v) is 9.22. The van der Waals surface area contributed by atoms with Crippen molar-refractivity contribution in [1.29, 1.82) is 0 Å². The summed E-state index contributed by atoms with van der Waals surface area (Å²) in [4.78, 5) is 15.1. The highest BCUT2D eigenvalue weighted by molar-refractivity contribution is 5.95. The van der Waals surface area contributed by atoms with Crippen LogP contribution in [-0.4, -0.2) is 16.0 Å². The van der Waals surface area contributed by atoms with E-state index in [1.807, 2.05) is 0 Å². The number of carbonyl (C=O) groups excluding carboxylic acids is 1. The lowest BCUT2D eigenvalue weighted by molar-refractivity contribution is 0.100. The van der Waals surface area contributed by atoms with Crippen LogP contribution in [0.4, 0.5) is 0 Å². The van der Waals surface area contributed by atoms with Gasteiger partial charge in [0, 0.05) is 5.56 Å². The lowest BCUT2D eigenvalue weighted by Crippen LogP contribution is -2.10. The molecule has 1 unspecified atom stereocenters. The predicted molar refractivity (Wildman–Crippen MR) is 62.1 cm³/mol. The van der Waals surface area contributed by atoms with Gasteiger partial charge < -0.3 is 15.3 Å². The third-order valence-corrected chi connectivity index (χ3v) is 2.45. The van der Waals surface area contributed by atoms with E-state index in [0.717, 1.165) is 0 Å². The first-order chi connectivity index (χ1) is 8.11. The lowest BCUT2D eigenvalue weighted by Gasteiger charge is -2.01. The second-order valence-corrected chi connectivity index (χ2v) is 3.76. The fourth-order valence-electron chi connectivity index (χ4n) is 1.56. The molecule has 0 saturated carbocycles. The number of fused-ring (bicyclic) bond motifs is 1. The van der Waals surface area contributed by atoms with Crippen LogP contribution in [0.3, 0.4) is 0 Å². The quantitative estimate of drug-likeness (QED) is 0.838. The molecule has 2 aromatic rings. The van der Waals surface area contributed by atoms with Gasteiger partial charge in [0.2, 0.25) is 11.8 Å². The van der Waals surface area contributed by atoms with E-state index in [-0.39, 0.29) is 5.89 Å². The first kappa shape index (κ1) is 11.6. The molecule has 5 nitrogen and oxygen atoms in total. The molecule has 1 radical (unpaired) electrons. The smallest absolute Gasteiger partial charge is 0.248 e. The number of amides is 1. The average Bonchev–Trinajstić information content (AvgIpc) is 2.71. The molecule has 1 atom stereocenters. The summed E-state index contributed by atoms with van der Waals surface area (Å²) in [5.41, 5.74) is 6.56. The zero-order valence-electron chi connectivity index (χ0n) is 9.22. The van der Waals surface area contributed by atoms with E-state index in [4.69, 9.17) is 10.2 Å². The zero-order chi connectivity index (χ0) is 12.4. The van der Waals surface area contributed by atoms with Gasteiger partial charge in [-0.25, -0.2) is 4.98 Å². The molecule has 0 fully saturated rings. The van der Waals surface area contributed by atoms with E-state index >= 15 is 0 Å². The van der Waals surface area contributed by atoms with Crippen molar-refractivity contribution >= 4 is 17.0 Å². The van der Waals surface area contributed by atoms with Gasteiger partial charge in [-0.2, -0.15) is 0 Å². The largest absolute Gasteiger partial charge is 0.438 e. The van der Waals surface area contributed by atoms with Crippen LogP contribution in [0, 0.1) is 6.92 Å². The molecule has 0 bridgehead atoms. The van der Waals surface area contributed by atoms with E-state index in [1.165, 1.54) is 0 Å². The van der Waals surface area contributed by atoms with Crippen molar-refractivity contribution < 1.29 is 14.3 Å². The molecule has 17 heavy (non-hydrogen) atoms. The minimum atomic E-state index is -0.767. The maximum atomic E-state index is 11.0. The summed E-state index contributed by atoms with van der Waals surface area (Å²) in [5.74, 6) is -0.278. The van der Waals surface area contributed by atoms with Gasteiger partial charge in [0.15, 0.2) is 5.58 Å². The number of benzene rings is 1. The molecule has 0 spiro atoms. The van der Waals surface area contributed by atoms with Gasteiger partial charge in [0.1, 0.15) is 11.6 Å². The molecule has 1 aromatic heterocycles. The van der Waals surface area contributed by atoms with Crippen LogP contribution in [-0.2, 0) is 0 Å². The van der Waals surface area contributed by atoms with Crippen molar-refractivity contribution in [3.05, 3.63) is 36.6 Å². The van der Waals surface area contributed by atoms with E-state index in [9.17, 15) is 9.90 Å². The van der Waals surface area contributed by atoms with Gasteiger partial charge in [-0.1, -0.05) is 13.3 Å². The first-order valence-electron chi connectivity index (χ1n) is 5.29. The van der Waals surface area contributed by atoms with Gasteiger partial charge in [-0.3, -0.25) is 4.79 Å². The summed E-state index contributed by atoms with van der Waals surface area (Å²) in [6.07, 6.45) is 0.305. The summed E-state index contributed by atoms with van der Waals surface area (Å²) in [6.45, 7) is 3.65. The SMILES string of the molecule is [CH2]CCC(O)c1nc2cc(C(N)=O)ccc2o1. The first-order valence-corrected chi connectivity index (χ1v) is 5.29. The topological polar surface area (TPSA) is 89.4 Å². The summed E-state index contributed by atoms with van der Waals surface area (Å²) in [5, 5.41) is 9.71. The molecule has 3 N–H and O–H groups in total. The number of aromatic nitrogens is 1. The minimum Gasteiger partial charge on any atom is -0.438 e. The van der Waals surface area contributed by atoms with Gasteiger partial charge in [-0.15, -0.1) is 0 Å². The van der Waals surface area contributed by atoms with Crippen LogP contribution >= 0.6 is 0 Å². The number of hydrogen-bond donors (Lipinski definition) is 2. The minimum absolute atomic E-state index is 0.241. The summed E-state index contributed by atoms with van der Waals surface area (Å²) < 4.78 is 5.38. The average molecular weight is 233 g/mol. The molecule has 1 heterocycles. The van der Waals surface area contributed by atoms with Crippen molar-refractivity contribution in [1.82, 2.24) is 4.98 Å². The molecular weight excluding hydrogens is 220 g/mol. The van der Waals surface area contributed by atoms with Crippen LogP contribution in [0.15, 0.2) is 22.6 Å². The van der Waals surface area contributed by atoms with Crippen molar-refractivity contribution in [2.75, 3.05) is 0 Å². The van der Waals surface area contributed by atoms with E-state index in [2.05, 4.69) is 11.9 Å².